The lowest BCUT2D eigenvalue weighted by molar-refractivity contribution is 0.0955. The van der Waals surface area contributed by atoms with Crippen molar-refractivity contribution >= 4 is 33.5 Å². The highest BCUT2D eigenvalue weighted by Crippen LogP contribution is 2.33. The first-order chi connectivity index (χ1) is 12.2. The first-order valence-electron chi connectivity index (χ1n) is 8.03. The molecule has 2 N–H and O–H groups in total. The summed E-state index contributed by atoms with van der Waals surface area (Å²) in [6.45, 7) is 2.60. The molecule has 1 aliphatic rings. The van der Waals surface area contributed by atoms with E-state index in [0.717, 1.165) is 38.9 Å². The lowest BCUT2D eigenvalue weighted by atomic mass is 10.2. The summed E-state index contributed by atoms with van der Waals surface area (Å²) in [6, 6.07) is 6.13. The molecular formula is C17H21BrN4O2S. The summed E-state index contributed by atoms with van der Waals surface area (Å²) >= 11 is 5.16. The van der Waals surface area contributed by atoms with Crippen LogP contribution in [0.25, 0.3) is 0 Å². The molecule has 2 heterocycles. The second kappa shape index (κ2) is 8.84. The highest BCUT2D eigenvalue weighted by atomic mass is 79.9. The van der Waals surface area contributed by atoms with Crippen molar-refractivity contribution in [3.63, 3.8) is 0 Å². The molecule has 1 unspecified atom stereocenters. The van der Waals surface area contributed by atoms with E-state index in [2.05, 4.69) is 36.9 Å². The molecule has 25 heavy (non-hydrogen) atoms. The number of anilines is 1. The molecule has 0 amide bonds. The highest BCUT2D eigenvalue weighted by Gasteiger charge is 2.25. The van der Waals surface area contributed by atoms with Crippen molar-refractivity contribution in [1.82, 2.24) is 9.97 Å². The van der Waals surface area contributed by atoms with Gasteiger partial charge in [0.15, 0.2) is 5.82 Å². The number of halogens is 1. The van der Waals surface area contributed by atoms with Gasteiger partial charge in [-0.25, -0.2) is 9.97 Å². The molecule has 3 rings (SSSR count). The van der Waals surface area contributed by atoms with Crippen molar-refractivity contribution in [2.24, 2.45) is 5.73 Å². The number of methoxy groups -OCH3 is 1. The van der Waals surface area contributed by atoms with Crippen molar-refractivity contribution < 1.29 is 9.47 Å². The molecule has 1 aromatic carbocycles. The number of aromatic nitrogens is 2. The van der Waals surface area contributed by atoms with Crippen LogP contribution in [0.15, 0.2) is 40.1 Å². The third-order valence-electron chi connectivity index (χ3n) is 4.03. The summed E-state index contributed by atoms with van der Waals surface area (Å²) < 4.78 is 12.0. The topological polar surface area (TPSA) is 73.5 Å². The van der Waals surface area contributed by atoms with Gasteiger partial charge in [-0.1, -0.05) is 27.7 Å². The van der Waals surface area contributed by atoms with Crippen LogP contribution in [-0.4, -0.2) is 49.4 Å². The predicted octanol–water partition coefficient (Wildman–Crippen LogP) is 2.70. The van der Waals surface area contributed by atoms with Gasteiger partial charge in [0, 0.05) is 41.3 Å². The van der Waals surface area contributed by atoms with Crippen molar-refractivity contribution in [3.8, 4) is 5.75 Å². The fourth-order valence-electron chi connectivity index (χ4n) is 2.75. The molecule has 6 nitrogen and oxygen atoms in total. The molecule has 0 bridgehead atoms. The predicted molar refractivity (Wildman–Crippen MR) is 103 cm³/mol. The molecule has 0 radical (unpaired) electrons. The fourth-order valence-corrected chi connectivity index (χ4v) is 4.11. The Bertz CT molecular complexity index is 719. The molecule has 0 saturated carbocycles. The number of benzene rings is 1. The van der Waals surface area contributed by atoms with Crippen LogP contribution in [0.4, 0.5) is 5.82 Å². The van der Waals surface area contributed by atoms with Gasteiger partial charge in [0.1, 0.15) is 10.8 Å². The van der Waals surface area contributed by atoms with Gasteiger partial charge in [0.25, 0.3) is 0 Å². The molecule has 0 aliphatic carbocycles. The van der Waals surface area contributed by atoms with Crippen molar-refractivity contribution in [1.29, 1.82) is 0 Å². The lowest BCUT2D eigenvalue weighted by Crippen LogP contribution is -2.50. The maximum absolute atomic E-state index is 5.90. The Morgan fingerprint density at radius 2 is 2.24 bits per heavy atom. The van der Waals surface area contributed by atoms with E-state index in [1.165, 1.54) is 0 Å². The number of hydrogen-bond donors (Lipinski definition) is 1. The Balaban J connectivity index is 1.81. The Morgan fingerprint density at radius 3 is 3.04 bits per heavy atom. The molecule has 1 aliphatic heterocycles. The van der Waals surface area contributed by atoms with E-state index in [4.69, 9.17) is 15.2 Å². The van der Waals surface area contributed by atoms with Crippen molar-refractivity contribution in [2.75, 3.05) is 38.3 Å². The maximum atomic E-state index is 5.90. The number of hydrogen-bond acceptors (Lipinski definition) is 7. The van der Waals surface area contributed by atoms with E-state index in [0.29, 0.717) is 19.8 Å². The fraction of sp³-hybridized carbons (Fsp3) is 0.412. The number of rotatable bonds is 6. The van der Waals surface area contributed by atoms with Crippen LogP contribution in [-0.2, 0) is 10.5 Å². The van der Waals surface area contributed by atoms with Gasteiger partial charge in [0.2, 0.25) is 0 Å². The van der Waals surface area contributed by atoms with Crippen LogP contribution in [0, 0.1) is 0 Å². The second-order valence-corrected chi connectivity index (χ2v) is 7.47. The van der Waals surface area contributed by atoms with Crippen LogP contribution < -0.4 is 15.4 Å². The minimum atomic E-state index is 0.130. The molecule has 1 fully saturated rings. The number of nitrogens with two attached hydrogens (primary N) is 1. The number of thioether (sulfide) groups is 1. The van der Waals surface area contributed by atoms with Crippen LogP contribution in [0.5, 0.6) is 5.75 Å². The Kier molecular flexibility index (Phi) is 6.52. The number of morpholine rings is 1. The van der Waals surface area contributed by atoms with Crippen molar-refractivity contribution in [2.45, 2.75) is 16.8 Å². The summed E-state index contributed by atoms with van der Waals surface area (Å²) in [5.74, 6) is 2.49. The monoisotopic (exact) mass is 424 g/mol. The molecule has 8 heteroatoms. The SMILES string of the molecule is COc1ccc(Br)cc1CSc1nccnc1N1CCOCC1CN. The summed E-state index contributed by atoms with van der Waals surface area (Å²) in [6.07, 6.45) is 3.45. The zero-order valence-corrected chi connectivity index (χ0v) is 16.4. The van der Waals surface area contributed by atoms with Gasteiger partial charge in [0.05, 0.1) is 26.4 Å². The van der Waals surface area contributed by atoms with Gasteiger partial charge in [-0.15, -0.1) is 0 Å². The third kappa shape index (κ3) is 4.44. The Morgan fingerprint density at radius 1 is 1.40 bits per heavy atom. The first kappa shape index (κ1) is 18.4. The summed E-state index contributed by atoms with van der Waals surface area (Å²) in [5.41, 5.74) is 7.01. The normalized spacial score (nSPS) is 17.6. The molecule has 1 atom stereocenters. The summed E-state index contributed by atoms with van der Waals surface area (Å²) in [7, 11) is 1.69. The van der Waals surface area contributed by atoms with E-state index in [-0.39, 0.29) is 6.04 Å². The van der Waals surface area contributed by atoms with Gasteiger partial charge < -0.3 is 20.1 Å². The van der Waals surface area contributed by atoms with Crippen LogP contribution in [0.2, 0.25) is 0 Å². The molecule has 134 valence electrons. The highest BCUT2D eigenvalue weighted by molar-refractivity contribution is 9.10. The average Bonchev–Trinajstić information content (AvgIpc) is 2.66. The first-order valence-corrected chi connectivity index (χ1v) is 9.81. The quantitative estimate of drug-likeness (QED) is 0.714. The van der Waals surface area contributed by atoms with Crippen molar-refractivity contribution in [3.05, 3.63) is 40.6 Å². The minimum Gasteiger partial charge on any atom is -0.496 e. The zero-order valence-electron chi connectivity index (χ0n) is 14.0. The van der Waals surface area contributed by atoms with Crippen LogP contribution in [0.3, 0.4) is 0 Å². The Hall–Kier alpha value is -1.35. The van der Waals surface area contributed by atoms with Crippen LogP contribution in [0.1, 0.15) is 5.56 Å². The largest absolute Gasteiger partial charge is 0.496 e. The second-order valence-electron chi connectivity index (χ2n) is 5.59. The van der Waals surface area contributed by atoms with E-state index in [1.54, 1.807) is 31.3 Å². The van der Waals surface area contributed by atoms with Gasteiger partial charge in [-0.3, -0.25) is 0 Å². The van der Waals surface area contributed by atoms with E-state index >= 15 is 0 Å². The zero-order chi connectivity index (χ0) is 17.6. The van der Waals surface area contributed by atoms with Gasteiger partial charge in [-0.05, 0) is 18.2 Å². The average molecular weight is 425 g/mol. The van der Waals surface area contributed by atoms with E-state index in [1.807, 2.05) is 12.1 Å². The lowest BCUT2D eigenvalue weighted by Gasteiger charge is -2.36. The standard InChI is InChI=1S/C17H21BrN4O2S/c1-23-15-3-2-13(18)8-12(15)11-25-17-16(20-4-5-21-17)22-6-7-24-10-14(22)9-19/h2-5,8,14H,6-7,9-11,19H2,1H3. The number of nitrogens with zero attached hydrogens (tertiary/aromatic N) is 3. The minimum absolute atomic E-state index is 0.130. The smallest absolute Gasteiger partial charge is 0.161 e. The third-order valence-corrected chi connectivity index (χ3v) is 5.54. The van der Waals surface area contributed by atoms with Gasteiger partial charge in [-0.2, -0.15) is 0 Å². The molecule has 1 aromatic heterocycles. The molecule has 1 saturated heterocycles. The molecule has 2 aromatic rings. The van der Waals surface area contributed by atoms with Crippen LogP contribution >= 0.6 is 27.7 Å². The number of ether oxygens (including phenoxy) is 2. The summed E-state index contributed by atoms with van der Waals surface area (Å²) in [4.78, 5) is 11.3. The Labute approximate surface area is 160 Å². The molecule has 0 spiro atoms. The maximum Gasteiger partial charge on any atom is 0.161 e. The van der Waals surface area contributed by atoms with E-state index in [9.17, 15) is 0 Å². The summed E-state index contributed by atoms with van der Waals surface area (Å²) in [5, 5.41) is 0.893. The van der Waals surface area contributed by atoms with Gasteiger partial charge >= 0.3 is 0 Å². The molecular weight excluding hydrogens is 404 g/mol. The van der Waals surface area contributed by atoms with E-state index < -0.39 is 0 Å².